The Balaban J connectivity index is 3.25. The third-order valence-corrected chi connectivity index (χ3v) is 4.50. The van der Waals surface area contributed by atoms with Crippen molar-refractivity contribution < 1.29 is 22.7 Å². The van der Waals surface area contributed by atoms with E-state index in [2.05, 4.69) is 0 Å². The molecule has 0 aromatic heterocycles. The van der Waals surface area contributed by atoms with Crippen molar-refractivity contribution in [3.05, 3.63) is 29.6 Å². The van der Waals surface area contributed by atoms with Gasteiger partial charge < -0.3 is 5.11 Å². The zero-order chi connectivity index (χ0) is 14.1. The molecule has 0 spiro atoms. The molecule has 0 saturated carbocycles. The highest BCUT2D eigenvalue weighted by molar-refractivity contribution is 7.89. The van der Waals surface area contributed by atoms with Gasteiger partial charge in [-0.25, -0.2) is 12.8 Å². The van der Waals surface area contributed by atoms with Crippen molar-refractivity contribution in [2.75, 3.05) is 7.05 Å². The number of aryl methyl sites for hydroxylation is 1. The topological polar surface area (TPSA) is 74.7 Å². The van der Waals surface area contributed by atoms with E-state index in [9.17, 15) is 17.6 Å². The van der Waals surface area contributed by atoms with Gasteiger partial charge in [0.1, 0.15) is 11.9 Å². The number of sulfonamides is 1. The number of nitrogens with zero attached hydrogens (tertiary/aromatic N) is 1. The van der Waals surface area contributed by atoms with Crippen LogP contribution in [0.25, 0.3) is 0 Å². The van der Waals surface area contributed by atoms with Crippen LogP contribution in [0.3, 0.4) is 0 Å². The van der Waals surface area contributed by atoms with Gasteiger partial charge in [-0.15, -0.1) is 0 Å². The van der Waals surface area contributed by atoms with Gasteiger partial charge in [0.25, 0.3) is 0 Å². The summed E-state index contributed by atoms with van der Waals surface area (Å²) in [5, 5.41) is 8.79. The van der Waals surface area contributed by atoms with E-state index in [0.29, 0.717) is 9.87 Å². The Labute approximate surface area is 105 Å². The van der Waals surface area contributed by atoms with Crippen LogP contribution in [0.1, 0.15) is 12.5 Å². The van der Waals surface area contributed by atoms with Crippen LogP contribution in [0.5, 0.6) is 0 Å². The molecule has 1 aromatic rings. The number of benzene rings is 1. The van der Waals surface area contributed by atoms with E-state index in [1.807, 2.05) is 0 Å². The number of carboxylic acid groups (broad SMARTS) is 1. The van der Waals surface area contributed by atoms with Crippen LogP contribution in [0.15, 0.2) is 23.1 Å². The monoisotopic (exact) mass is 275 g/mol. The number of hydrogen-bond acceptors (Lipinski definition) is 3. The first-order valence-corrected chi connectivity index (χ1v) is 6.58. The summed E-state index contributed by atoms with van der Waals surface area (Å²) in [7, 11) is -2.87. The maximum atomic E-state index is 13.2. The maximum Gasteiger partial charge on any atom is 0.321 e. The SMILES string of the molecule is Cc1cc(F)cc(S(=O)(=O)N(C)C(C)C(=O)O)c1. The molecule has 0 bridgehead atoms. The lowest BCUT2D eigenvalue weighted by molar-refractivity contribution is -0.140. The number of halogens is 1. The second kappa shape index (κ2) is 5.03. The number of carboxylic acids is 1. The molecule has 1 aromatic carbocycles. The molecule has 7 heteroatoms. The van der Waals surface area contributed by atoms with Crippen molar-refractivity contribution in [3.8, 4) is 0 Å². The predicted molar refractivity (Wildman–Crippen MR) is 63.2 cm³/mol. The molecule has 1 N–H and O–H groups in total. The second-order valence-electron chi connectivity index (χ2n) is 4.00. The lowest BCUT2D eigenvalue weighted by Crippen LogP contribution is -2.40. The van der Waals surface area contributed by atoms with Crippen LogP contribution in [0.4, 0.5) is 4.39 Å². The van der Waals surface area contributed by atoms with Gasteiger partial charge in [0.15, 0.2) is 0 Å². The Bertz CT molecular complexity index is 550. The summed E-state index contributed by atoms with van der Waals surface area (Å²) in [4.78, 5) is 10.5. The third-order valence-electron chi connectivity index (χ3n) is 2.60. The molecule has 18 heavy (non-hydrogen) atoms. The van der Waals surface area contributed by atoms with Gasteiger partial charge in [-0.3, -0.25) is 4.79 Å². The van der Waals surface area contributed by atoms with Gasteiger partial charge in [0, 0.05) is 7.05 Å². The summed E-state index contributed by atoms with van der Waals surface area (Å²) in [5.74, 6) is -1.95. The number of rotatable bonds is 4. The summed E-state index contributed by atoms with van der Waals surface area (Å²) in [6.07, 6.45) is 0. The molecule has 0 radical (unpaired) electrons. The molecular weight excluding hydrogens is 261 g/mol. The zero-order valence-corrected chi connectivity index (χ0v) is 11.0. The highest BCUT2D eigenvalue weighted by Crippen LogP contribution is 2.19. The molecule has 0 aliphatic rings. The van der Waals surface area contributed by atoms with Crippen molar-refractivity contribution >= 4 is 16.0 Å². The van der Waals surface area contributed by atoms with E-state index in [-0.39, 0.29) is 4.90 Å². The second-order valence-corrected chi connectivity index (χ2v) is 6.00. The molecule has 1 unspecified atom stereocenters. The summed E-state index contributed by atoms with van der Waals surface area (Å²) >= 11 is 0. The van der Waals surface area contributed by atoms with Gasteiger partial charge in [0.2, 0.25) is 10.0 Å². The first-order valence-electron chi connectivity index (χ1n) is 5.14. The molecule has 100 valence electrons. The minimum Gasteiger partial charge on any atom is -0.480 e. The van der Waals surface area contributed by atoms with Crippen molar-refractivity contribution in [1.29, 1.82) is 0 Å². The molecule has 0 saturated heterocycles. The predicted octanol–water partition coefficient (Wildman–Crippen LogP) is 1.23. The Kier molecular flexibility index (Phi) is 4.08. The van der Waals surface area contributed by atoms with Gasteiger partial charge in [-0.05, 0) is 37.6 Å². The fourth-order valence-corrected chi connectivity index (χ4v) is 2.82. The standard InChI is InChI=1S/C11H14FNO4S/c1-7-4-9(12)6-10(5-7)18(16,17)13(3)8(2)11(14)15/h4-6,8H,1-3H3,(H,14,15). The average molecular weight is 275 g/mol. The molecule has 5 nitrogen and oxygen atoms in total. The van der Waals surface area contributed by atoms with E-state index < -0.39 is 27.9 Å². The molecule has 0 aliphatic carbocycles. The van der Waals surface area contributed by atoms with Crippen molar-refractivity contribution in [2.45, 2.75) is 24.8 Å². The number of hydrogen-bond donors (Lipinski definition) is 1. The third kappa shape index (κ3) is 2.85. The van der Waals surface area contributed by atoms with Crippen molar-refractivity contribution in [1.82, 2.24) is 4.31 Å². The number of carbonyl (C=O) groups is 1. The van der Waals surface area contributed by atoms with Crippen LogP contribution in [0, 0.1) is 12.7 Å². The molecule has 0 aliphatic heterocycles. The van der Waals surface area contributed by atoms with Gasteiger partial charge in [-0.2, -0.15) is 4.31 Å². The van der Waals surface area contributed by atoms with Crippen LogP contribution in [-0.4, -0.2) is 36.9 Å². The lowest BCUT2D eigenvalue weighted by Gasteiger charge is -2.21. The minimum absolute atomic E-state index is 0.254. The Morgan fingerprint density at radius 2 is 1.94 bits per heavy atom. The Morgan fingerprint density at radius 3 is 2.39 bits per heavy atom. The van der Waals surface area contributed by atoms with Crippen molar-refractivity contribution in [2.24, 2.45) is 0 Å². The number of likely N-dealkylation sites (N-methyl/N-ethyl adjacent to an activating group) is 1. The maximum absolute atomic E-state index is 13.2. The lowest BCUT2D eigenvalue weighted by atomic mass is 10.2. The van der Waals surface area contributed by atoms with E-state index in [4.69, 9.17) is 5.11 Å². The van der Waals surface area contributed by atoms with E-state index in [1.165, 1.54) is 19.1 Å². The van der Waals surface area contributed by atoms with Crippen LogP contribution < -0.4 is 0 Å². The molecule has 0 heterocycles. The minimum atomic E-state index is -4.02. The summed E-state index contributed by atoms with van der Waals surface area (Å²) < 4.78 is 38.0. The molecule has 0 amide bonds. The van der Waals surface area contributed by atoms with Gasteiger partial charge in [-0.1, -0.05) is 0 Å². The first kappa shape index (κ1) is 14.6. The van der Waals surface area contributed by atoms with E-state index in [1.54, 1.807) is 6.92 Å². The smallest absolute Gasteiger partial charge is 0.321 e. The molecule has 1 rings (SSSR count). The van der Waals surface area contributed by atoms with Gasteiger partial charge in [0.05, 0.1) is 4.90 Å². The normalized spacial score (nSPS) is 13.6. The van der Waals surface area contributed by atoms with E-state index >= 15 is 0 Å². The summed E-state index contributed by atoms with van der Waals surface area (Å²) in [6, 6.07) is 2.13. The highest BCUT2D eigenvalue weighted by atomic mass is 32.2. The summed E-state index contributed by atoms with van der Waals surface area (Å²) in [5.41, 5.74) is 0.449. The van der Waals surface area contributed by atoms with Crippen LogP contribution in [0.2, 0.25) is 0 Å². The van der Waals surface area contributed by atoms with Gasteiger partial charge >= 0.3 is 5.97 Å². The van der Waals surface area contributed by atoms with Crippen LogP contribution in [-0.2, 0) is 14.8 Å². The average Bonchev–Trinajstić information content (AvgIpc) is 2.25. The largest absolute Gasteiger partial charge is 0.480 e. The summed E-state index contributed by atoms with van der Waals surface area (Å²) in [6.45, 7) is 2.80. The fraction of sp³-hybridized carbons (Fsp3) is 0.364. The quantitative estimate of drug-likeness (QED) is 0.896. The molecule has 1 atom stereocenters. The van der Waals surface area contributed by atoms with Crippen molar-refractivity contribution in [3.63, 3.8) is 0 Å². The van der Waals surface area contributed by atoms with Crippen LogP contribution >= 0.6 is 0 Å². The Morgan fingerprint density at radius 1 is 1.39 bits per heavy atom. The molecular formula is C11H14FNO4S. The first-order chi connectivity index (χ1) is 8.16. The number of aliphatic carboxylic acids is 1. The zero-order valence-electron chi connectivity index (χ0n) is 10.2. The van der Waals surface area contributed by atoms with E-state index in [0.717, 1.165) is 13.1 Å². The Hall–Kier alpha value is -1.47. The highest BCUT2D eigenvalue weighted by Gasteiger charge is 2.29. The fourth-order valence-electron chi connectivity index (χ4n) is 1.38. The molecule has 0 fully saturated rings.